The van der Waals surface area contributed by atoms with Gasteiger partial charge in [0.15, 0.2) is 0 Å². The van der Waals surface area contributed by atoms with Crippen LogP contribution in [0.2, 0.25) is 0 Å². The molecule has 1 N–H and O–H groups in total. The Kier molecular flexibility index (Phi) is 6.52. The third-order valence-corrected chi connectivity index (χ3v) is 2.91. The molecule has 4 heteroatoms. The number of amides is 1. The van der Waals surface area contributed by atoms with Crippen LogP contribution < -0.4 is 5.32 Å². The van der Waals surface area contributed by atoms with Crippen molar-refractivity contribution in [3.05, 3.63) is 0 Å². The summed E-state index contributed by atoms with van der Waals surface area (Å²) in [6.07, 6.45) is 0.629. The third-order valence-electron chi connectivity index (χ3n) is 2.91. The van der Waals surface area contributed by atoms with Gasteiger partial charge in [0.25, 0.3) is 0 Å². The van der Waals surface area contributed by atoms with Crippen molar-refractivity contribution < 1.29 is 9.53 Å². The lowest BCUT2D eigenvalue weighted by molar-refractivity contribution is -0.122. The molecule has 1 amide bonds. The van der Waals surface area contributed by atoms with E-state index in [2.05, 4.69) is 31.0 Å². The molecule has 0 aromatic carbocycles. The Balaban J connectivity index is 2.11. The first kappa shape index (κ1) is 14.5. The van der Waals surface area contributed by atoms with Crippen molar-refractivity contribution in [2.75, 3.05) is 39.4 Å². The van der Waals surface area contributed by atoms with Gasteiger partial charge in [0, 0.05) is 32.6 Å². The van der Waals surface area contributed by atoms with Crippen molar-refractivity contribution in [3.8, 4) is 0 Å². The van der Waals surface area contributed by atoms with Crippen LogP contribution in [0, 0.1) is 11.8 Å². The molecule has 0 aromatic heterocycles. The lowest BCUT2D eigenvalue weighted by Gasteiger charge is -2.29. The normalized spacial score (nSPS) is 19.3. The fourth-order valence-electron chi connectivity index (χ4n) is 2.02. The second-order valence-electron chi connectivity index (χ2n) is 5.42. The maximum atomic E-state index is 11.5. The molecular formula is C13H26N2O2. The summed E-state index contributed by atoms with van der Waals surface area (Å²) < 4.78 is 5.31. The van der Waals surface area contributed by atoms with Crippen molar-refractivity contribution >= 4 is 5.91 Å². The molecule has 0 aromatic rings. The molecule has 1 unspecified atom stereocenters. The first-order chi connectivity index (χ1) is 8.08. The summed E-state index contributed by atoms with van der Waals surface area (Å²) in [4.78, 5) is 13.9. The minimum absolute atomic E-state index is 0.175. The van der Waals surface area contributed by atoms with Crippen LogP contribution in [0.25, 0.3) is 0 Å². The quantitative estimate of drug-likeness (QED) is 0.759. The standard InChI is InChI=1S/C13H26N2O2/c1-11(2)8-13(16)14-9-12(3)10-15-4-6-17-7-5-15/h11-12H,4-10H2,1-3H3,(H,14,16). The number of carbonyl (C=O) groups excluding carboxylic acids is 1. The molecule has 17 heavy (non-hydrogen) atoms. The molecule has 1 rings (SSSR count). The second kappa shape index (κ2) is 7.67. The molecule has 1 fully saturated rings. The van der Waals surface area contributed by atoms with Gasteiger partial charge in [-0.1, -0.05) is 20.8 Å². The van der Waals surface area contributed by atoms with Gasteiger partial charge in [0.2, 0.25) is 5.91 Å². The number of hydrogen-bond acceptors (Lipinski definition) is 3. The van der Waals surface area contributed by atoms with E-state index < -0.39 is 0 Å². The zero-order chi connectivity index (χ0) is 12.7. The highest BCUT2D eigenvalue weighted by Gasteiger charge is 2.14. The van der Waals surface area contributed by atoms with Gasteiger partial charge in [-0.2, -0.15) is 0 Å². The Hall–Kier alpha value is -0.610. The van der Waals surface area contributed by atoms with Crippen molar-refractivity contribution in [1.82, 2.24) is 10.2 Å². The smallest absolute Gasteiger partial charge is 0.220 e. The first-order valence-electron chi connectivity index (χ1n) is 6.64. The van der Waals surface area contributed by atoms with Crippen LogP contribution in [-0.2, 0) is 9.53 Å². The maximum Gasteiger partial charge on any atom is 0.220 e. The van der Waals surface area contributed by atoms with E-state index in [1.54, 1.807) is 0 Å². The average Bonchev–Trinajstić information content (AvgIpc) is 2.27. The van der Waals surface area contributed by atoms with Crippen molar-refractivity contribution in [1.29, 1.82) is 0 Å². The van der Waals surface area contributed by atoms with E-state index in [-0.39, 0.29) is 5.91 Å². The van der Waals surface area contributed by atoms with E-state index in [1.165, 1.54) is 0 Å². The molecular weight excluding hydrogens is 216 g/mol. The monoisotopic (exact) mass is 242 g/mol. The van der Waals surface area contributed by atoms with E-state index in [0.29, 0.717) is 18.3 Å². The third kappa shape index (κ3) is 6.64. The number of nitrogens with zero attached hydrogens (tertiary/aromatic N) is 1. The van der Waals surface area contributed by atoms with Gasteiger partial charge in [-0.15, -0.1) is 0 Å². The van der Waals surface area contributed by atoms with Gasteiger partial charge in [-0.05, 0) is 11.8 Å². The maximum absolute atomic E-state index is 11.5. The Bertz CT molecular complexity index is 225. The van der Waals surface area contributed by atoms with Crippen molar-refractivity contribution in [2.45, 2.75) is 27.2 Å². The highest BCUT2D eigenvalue weighted by molar-refractivity contribution is 5.76. The average molecular weight is 242 g/mol. The van der Waals surface area contributed by atoms with Gasteiger partial charge in [-0.25, -0.2) is 0 Å². The Morgan fingerprint density at radius 3 is 2.53 bits per heavy atom. The fourth-order valence-corrected chi connectivity index (χ4v) is 2.02. The van der Waals surface area contributed by atoms with E-state index >= 15 is 0 Å². The molecule has 0 radical (unpaired) electrons. The first-order valence-corrected chi connectivity index (χ1v) is 6.64. The van der Waals surface area contributed by atoms with E-state index in [9.17, 15) is 4.79 Å². The van der Waals surface area contributed by atoms with Gasteiger partial charge in [0.05, 0.1) is 13.2 Å². The molecule has 1 atom stereocenters. The number of nitrogens with one attached hydrogen (secondary N) is 1. The van der Waals surface area contributed by atoms with Crippen LogP contribution in [0.5, 0.6) is 0 Å². The number of ether oxygens (including phenoxy) is 1. The summed E-state index contributed by atoms with van der Waals surface area (Å²) in [6.45, 7) is 11.9. The predicted octanol–water partition coefficient (Wildman–Crippen LogP) is 1.12. The summed E-state index contributed by atoms with van der Waals surface area (Å²) in [5, 5.41) is 3.01. The highest BCUT2D eigenvalue weighted by Crippen LogP contribution is 2.03. The molecule has 0 bridgehead atoms. The van der Waals surface area contributed by atoms with Crippen molar-refractivity contribution in [3.63, 3.8) is 0 Å². The van der Waals surface area contributed by atoms with Crippen LogP contribution in [-0.4, -0.2) is 50.2 Å². The summed E-state index contributed by atoms with van der Waals surface area (Å²) in [5.41, 5.74) is 0. The van der Waals surface area contributed by atoms with Gasteiger partial charge in [-0.3, -0.25) is 9.69 Å². The van der Waals surface area contributed by atoms with Gasteiger partial charge in [0.1, 0.15) is 0 Å². The minimum Gasteiger partial charge on any atom is -0.379 e. The molecule has 100 valence electrons. The van der Waals surface area contributed by atoms with E-state index in [1.807, 2.05) is 0 Å². The summed E-state index contributed by atoms with van der Waals surface area (Å²) in [6, 6.07) is 0. The second-order valence-corrected chi connectivity index (χ2v) is 5.42. The highest BCUT2D eigenvalue weighted by atomic mass is 16.5. The molecule has 0 aliphatic carbocycles. The molecule has 1 saturated heterocycles. The lowest BCUT2D eigenvalue weighted by atomic mass is 10.1. The topological polar surface area (TPSA) is 41.6 Å². The SMILES string of the molecule is CC(C)CC(=O)NCC(C)CN1CCOCC1. The number of morpholine rings is 1. The number of rotatable bonds is 6. The summed E-state index contributed by atoms with van der Waals surface area (Å²) in [7, 11) is 0. The van der Waals surface area contributed by atoms with E-state index in [4.69, 9.17) is 4.74 Å². The molecule has 0 spiro atoms. The summed E-state index contributed by atoms with van der Waals surface area (Å²) >= 11 is 0. The van der Waals surface area contributed by atoms with Crippen LogP contribution in [0.4, 0.5) is 0 Å². The Labute approximate surface area is 105 Å². The number of carbonyl (C=O) groups is 1. The van der Waals surface area contributed by atoms with Gasteiger partial charge < -0.3 is 10.1 Å². The lowest BCUT2D eigenvalue weighted by Crippen LogP contribution is -2.41. The molecule has 0 saturated carbocycles. The van der Waals surface area contributed by atoms with E-state index in [0.717, 1.165) is 39.4 Å². The summed E-state index contributed by atoms with van der Waals surface area (Å²) in [5.74, 6) is 1.11. The molecule has 4 nitrogen and oxygen atoms in total. The number of hydrogen-bond donors (Lipinski definition) is 1. The van der Waals surface area contributed by atoms with Crippen LogP contribution >= 0.6 is 0 Å². The van der Waals surface area contributed by atoms with Crippen LogP contribution in [0.15, 0.2) is 0 Å². The van der Waals surface area contributed by atoms with Crippen LogP contribution in [0.3, 0.4) is 0 Å². The van der Waals surface area contributed by atoms with Crippen molar-refractivity contribution in [2.24, 2.45) is 11.8 Å². The zero-order valence-corrected chi connectivity index (χ0v) is 11.4. The largest absolute Gasteiger partial charge is 0.379 e. The molecule has 1 heterocycles. The Morgan fingerprint density at radius 1 is 1.29 bits per heavy atom. The van der Waals surface area contributed by atoms with Crippen LogP contribution in [0.1, 0.15) is 27.2 Å². The Morgan fingerprint density at radius 2 is 1.94 bits per heavy atom. The zero-order valence-electron chi connectivity index (χ0n) is 11.4. The fraction of sp³-hybridized carbons (Fsp3) is 0.923. The predicted molar refractivity (Wildman–Crippen MR) is 68.9 cm³/mol. The van der Waals surface area contributed by atoms with Gasteiger partial charge >= 0.3 is 0 Å². The molecule has 1 aliphatic heterocycles. The minimum atomic E-state index is 0.175. The molecule has 1 aliphatic rings.